The molecule has 2 heterocycles. The summed E-state index contributed by atoms with van der Waals surface area (Å²) in [5.41, 5.74) is 4.23. The van der Waals surface area contributed by atoms with Crippen LogP contribution < -0.4 is 21.7 Å². The van der Waals surface area contributed by atoms with Gasteiger partial charge in [0.25, 0.3) is 5.91 Å². The Bertz CT molecular complexity index is 1110. The summed E-state index contributed by atoms with van der Waals surface area (Å²) in [4.78, 5) is 48.6. The quantitative estimate of drug-likeness (QED) is 0.309. The number of nitrogens with two attached hydrogens (primary N) is 1. The van der Waals surface area contributed by atoms with Gasteiger partial charge in [0.2, 0.25) is 11.8 Å². The van der Waals surface area contributed by atoms with Gasteiger partial charge in [0.05, 0.1) is 12.3 Å². The highest BCUT2D eigenvalue weighted by atomic mass is 32.2. The Balaban J connectivity index is 1.70. The van der Waals surface area contributed by atoms with Gasteiger partial charge in [-0.05, 0) is 37.7 Å². The minimum absolute atomic E-state index is 0.133. The number of hydrogen-bond acceptors (Lipinski definition) is 9. The minimum Gasteiger partial charge on any atom is -0.356 e. The molecule has 0 aromatic carbocycles. The van der Waals surface area contributed by atoms with Crippen molar-refractivity contribution in [3.8, 4) is 6.07 Å². The Labute approximate surface area is 195 Å². The van der Waals surface area contributed by atoms with Crippen LogP contribution in [0.3, 0.4) is 0 Å². The Morgan fingerprint density at radius 1 is 1.29 bits per heavy atom. The molecular weight excluding hydrogens is 470 g/mol. The number of piperidine rings is 1. The van der Waals surface area contributed by atoms with E-state index in [1.807, 2.05) is 6.07 Å². The molecule has 0 spiro atoms. The molecule has 0 bridgehead atoms. The summed E-state index contributed by atoms with van der Waals surface area (Å²) in [5, 5.41) is 20.7. The van der Waals surface area contributed by atoms with E-state index in [0.717, 1.165) is 31.5 Å². The fourth-order valence-electron chi connectivity index (χ4n) is 3.68. The molecule has 0 unspecified atom stereocenters. The Kier molecular flexibility index (Phi) is 7.72. The smallest absolute Gasteiger partial charge is 0.356 e. The molecule has 1 saturated heterocycles. The number of aromatic nitrogens is 2. The maximum atomic E-state index is 12.9. The summed E-state index contributed by atoms with van der Waals surface area (Å²) in [5.74, 6) is -1.98. The molecule has 2 fully saturated rings. The Morgan fingerprint density at radius 2 is 2.03 bits per heavy atom. The van der Waals surface area contributed by atoms with Gasteiger partial charge in [-0.15, -0.1) is 4.09 Å². The second-order valence-electron chi connectivity index (χ2n) is 8.18. The third kappa shape index (κ3) is 6.44. The SMILES string of the molecule is N#C[C@H](C[C@@H]1CCCNC1=O)NC(=O)[C@H](CC1CC1)NC(=O)c1ccnn1S(=O)(=O)OC(N)=O. The first-order valence-electron chi connectivity index (χ1n) is 10.7. The fraction of sp³-hybridized carbons (Fsp3) is 0.579. The number of rotatable bonds is 10. The number of carbonyl (C=O) groups excluding carboxylic acids is 4. The van der Waals surface area contributed by atoms with Crippen LogP contribution in [0.15, 0.2) is 12.3 Å². The monoisotopic (exact) mass is 495 g/mol. The van der Waals surface area contributed by atoms with E-state index in [2.05, 4.69) is 25.2 Å². The van der Waals surface area contributed by atoms with Crippen molar-refractivity contribution in [3.63, 3.8) is 0 Å². The molecule has 2 aliphatic rings. The number of nitrogens with one attached hydrogen (secondary N) is 3. The first kappa shape index (κ1) is 25.0. The number of amides is 4. The third-order valence-corrected chi connectivity index (χ3v) is 6.61. The molecule has 1 aliphatic carbocycles. The lowest BCUT2D eigenvalue weighted by atomic mass is 9.92. The largest absolute Gasteiger partial charge is 0.433 e. The van der Waals surface area contributed by atoms with Crippen molar-refractivity contribution in [1.29, 1.82) is 5.26 Å². The van der Waals surface area contributed by atoms with E-state index in [0.29, 0.717) is 13.0 Å². The van der Waals surface area contributed by atoms with Crippen LogP contribution in [-0.2, 0) is 24.1 Å². The van der Waals surface area contributed by atoms with Crippen LogP contribution in [0, 0.1) is 23.2 Å². The fourth-order valence-corrected chi connectivity index (χ4v) is 4.51. The molecular formula is C19H25N7O7S. The first-order valence-corrected chi connectivity index (χ1v) is 12.0. The summed E-state index contributed by atoms with van der Waals surface area (Å²) in [7, 11) is -4.81. The Hall–Kier alpha value is -3.67. The highest BCUT2D eigenvalue weighted by molar-refractivity contribution is 7.85. The molecule has 5 N–H and O–H groups in total. The zero-order valence-corrected chi connectivity index (χ0v) is 18.9. The van der Waals surface area contributed by atoms with Crippen molar-refractivity contribution in [1.82, 2.24) is 25.1 Å². The van der Waals surface area contributed by atoms with E-state index in [1.54, 1.807) is 0 Å². The first-order chi connectivity index (χ1) is 16.1. The van der Waals surface area contributed by atoms with Crippen LogP contribution in [0.1, 0.15) is 49.0 Å². The summed E-state index contributed by atoms with van der Waals surface area (Å²) >= 11 is 0. The van der Waals surface area contributed by atoms with Crippen molar-refractivity contribution in [2.45, 2.75) is 50.6 Å². The van der Waals surface area contributed by atoms with Gasteiger partial charge in [-0.1, -0.05) is 12.8 Å². The van der Waals surface area contributed by atoms with Crippen LogP contribution >= 0.6 is 0 Å². The number of hydrogen-bond donors (Lipinski definition) is 4. The van der Waals surface area contributed by atoms with Gasteiger partial charge in [-0.3, -0.25) is 14.4 Å². The van der Waals surface area contributed by atoms with Crippen molar-refractivity contribution < 1.29 is 31.8 Å². The molecule has 184 valence electrons. The van der Waals surface area contributed by atoms with Crippen LogP contribution in [0.5, 0.6) is 0 Å². The molecule has 14 nitrogen and oxygen atoms in total. The molecule has 0 radical (unpaired) electrons. The second kappa shape index (κ2) is 10.5. The number of primary amides is 1. The molecule has 1 aliphatic heterocycles. The van der Waals surface area contributed by atoms with E-state index in [9.17, 15) is 32.9 Å². The number of carbonyl (C=O) groups is 4. The molecule has 3 rings (SSSR count). The maximum absolute atomic E-state index is 12.9. The molecule has 4 amide bonds. The van der Waals surface area contributed by atoms with Crippen molar-refractivity contribution in [2.75, 3.05) is 6.54 Å². The lowest BCUT2D eigenvalue weighted by molar-refractivity contribution is -0.128. The van der Waals surface area contributed by atoms with E-state index in [-0.39, 0.29) is 28.8 Å². The zero-order valence-electron chi connectivity index (χ0n) is 18.1. The van der Waals surface area contributed by atoms with E-state index < -0.39 is 51.9 Å². The average Bonchev–Trinajstić information content (AvgIpc) is 3.43. The van der Waals surface area contributed by atoms with Crippen LogP contribution in [0.2, 0.25) is 0 Å². The molecule has 1 aromatic rings. The van der Waals surface area contributed by atoms with Gasteiger partial charge in [0.1, 0.15) is 17.8 Å². The van der Waals surface area contributed by atoms with Gasteiger partial charge in [-0.2, -0.15) is 18.8 Å². The molecule has 1 aromatic heterocycles. The summed E-state index contributed by atoms with van der Waals surface area (Å²) in [6.07, 6.45) is 2.90. The van der Waals surface area contributed by atoms with E-state index >= 15 is 0 Å². The van der Waals surface area contributed by atoms with Crippen molar-refractivity contribution >= 4 is 34.1 Å². The highest BCUT2D eigenvalue weighted by Crippen LogP contribution is 2.33. The van der Waals surface area contributed by atoms with E-state index in [1.165, 1.54) is 0 Å². The third-order valence-electron chi connectivity index (χ3n) is 5.52. The second-order valence-corrected chi connectivity index (χ2v) is 9.55. The topological polar surface area (TPSA) is 215 Å². The number of nitrogens with zero attached hydrogens (tertiary/aromatic N) is 3. The summed E-state index contributed by atoms with van der Waals surface area (Å²) in [6, 6.07) is 1.01. The highest BCUT2D eigenvalue weighted by Gasteiger charge is 2.34. The van der Waals surface area contributed by atoms with Gasteiger partial charge in [0.15, 0.2) is 0 Å². The molecule has 15 heteroatoms. The normalized spacial score (nSPS) is 19.7. The van der Waals surface area contributed by atoms with Gasteiger partial charge in [-0.25, -0.2) is 4.79 Å². The standard InChI is InChI=1S/C19H25N7O7S/c20-10-13(9-12-2-1-6-22-16(12)27)24-17(28)14(8-11-3-4-11)25-18(29)15-5-7-23-26(15)34(31,32)33-19(21)30/h5,7,11-14H,1-4,6,8-9H2,(H2,21,30)(H,22,27)(H,24,28)(H,25,29)/t12-,13-,14-/m0/s1. The predicted octanol–water partition coefficient (Wildman–Crippen LogP) is -1.11. The number of nitriles is 1. The lowest BCUT2D eigenvalue weighted by Gasteiger charge is -2.25. The minimum atomic E-state index is -4.81. The van der Waals surface area contributed by atoms with E-state index in [4.69, 9.17) is 5.73 Å². The predicted molar refractivity (Wildman–Crippen MR) is 114 cm³/mol. The van der Waals surface area contributed by atoms with Crippen molar-refractivity contribution in [3.05, 3.63) is 18.0 Å². The van der Waals surface area contributed by atoms with Gasteiger partial charge in [0, 0.05) is 12.5 Å². The Morgan fingerprint density at radius 3 is 2.65 bits per heavy atom. The van der Waals surface area contributed by atoms with Crippen LogP contribution in [0.4, 0.5) is 4.79 Å². The average molecular weight is 496 g/mol. The summed E-state index contributed by atoms with van der Waals surface area (Å²) in [6.45, 7) is 0.575. The lowest BCUT2D eigenvalue weighted by Crippen LogP contribution is -2.51. The zero-order chi connectivity index (χ0) is 24.9. The maximum Gasteiger partial charge on any atom is 0.433 e. The summed E-state index contributed by atoms with van der Waals surface area (Å²) < 4.78 is 28.4. The van der Waals surface area contributed by atoms with Gasteiger partial charge >= 0.3 is 16.4 Å². The molecule has 1 saturated carbocycles. The van der Waals surface area contributed by atoms with Crippen LogP contribution in [-0.4, -0.2) is 60.0 Å². The molecule has 34 heavy (non-hydrogen) atoms. The van der Waals surface area contributed by atoms with Crippen LogP contribution in [0.25, 0.3) is 0 Å². The van der Waals surface area contributed by atoms with Crippen molar-refractivity contribution in [2.24, 2.45) is 17.6 Å². The van der Waals surface area contributed by atoms with Gasteiger partial charge < -0.3 is 25.9 Å². The molecule has 3 atom stereocenters.